The van der Waals surface area contributed by atoms with Gasteiger partial charge in [-0.25, -0.2) is 13.6 Å². The molecule has 14 heavy (non-hydrogen) atoms. The summed E-state index contributed by atoms with van der Waals surface area (Å²) in [5, 5.41) is 5.21. The Bertz CT molecular complexity index is 186. The maximum atomic E-state index is 11.6. The lowest BCUT2D eigenvalue weighted by atomic mass is 10.6. The fourth-order valence-corrected chi connectivity index (χ4v) is 0.873. The van der Waals surface area contributed by atoms with Crippen LogP contribution in [0.25, 0.3) is 0 Å². The fourth-order valence-electron chi connectivity index (χ4n) is 0.873. The zero-order chi connectivity index (χ0) is 10.4. The van der Waals surface area contributed by atoms with E-state index in [-0.39, 0.29) is 19.2 Å². The molecule has 0 aromatic heterocycles. The molecule has 0 spiro atoms. The number of urea groups is 1. The summed E-state index contributed by atoms with van der Waals surface area (Å²) in [6.07, 6.45) is -0.403. The molecule has 0 bridgehead atoms. The standard InChI is InChI=1S/C8H14F2N2O2/c9-7(10)5-14-4-3-11-8(13)12-6-1-2-6/h6-7H,1-5H2,(H2,11,12,13). The Kier molecular flexibility index (Phi) is 4.58. The predicted molar refractivity (Wildman–Crippen MR) is 46.4 cm³/mol. The van der Waals surface area contributed by atoms with Crippen molar-refractivity contribution in [2.75, 3.05) is 19.8 Å². The second-order valence-electron chi connectivity index (χ2n) is 3.14. The Balaban J connectivity index is 1.84. The van der Waals surface area contributed by atoms with Gasteiger partial charge in [-0.1, -0.05) is 0 Å². The van der Waals surface area contributed by atoms with E-state index in [1.54, 1.807) is 0 Å². The van der Waals surface area contributed by atoms with Crippen molar-refractivity contribution in [2.24, 2.45) is 0 Å². The van der Waals surface area contributed by atoms with Crippen molar-refractivity contribution in [2.45, 2.75) is 25.3 Å². The van der Waals surface area contributed by atoms with Crippen LogP contribution in [0.4, 0.5) is 13.6 Å². The highest BCUT2D eigenvalue weighted by Gasteiger charge is 2.22. The molecule has 6 heteroatoms. The molecule has 0 aromatic rings. The number of hydrogen-bond donors (Lipinski definition) is 2. The first-order valence-electron chi connectivity index (χ1n) is 4.58. The van der Waals surface area contributed by atoms with E-state index in [0.29, 0.717) is 6.04 Å². The van der Waals surface area contributed by atoms with Crippen LogP contribution in [0, 0.1) is 0 Å². The Hall–Kier alpha value is -0.910. The zero-order valence-electron chi connectivity index (χ0n) is 7.76. The minimum Gasteiger partial charge on any atom is -0.374 e. The van der Waals surface area contributed by atoms with Gasteiger partial charge in [-0.3, -0.25) is 0 Å². The Morgan fingerprint density at radius 3 is 2.79 bits per heavy atom. The Labute approximate surface area is 81.0 Å². The average Bonchev–Trinajstić information content (AvgIpc) is 2.87. The SMILES string of the molecule is O=C(NCCOCC(F)F)NC1CC1. The molecule has 0 saturated heterocycles. The smallest absolute Gasteiger partial charge is 0.315 e. The molecule has 1 aliphatic rings. The third-order valence-corrected chi connectivity index (χ3v) is 1.69. The molecule has 82 valence electrons. The lowest BCUT2D eigenvalue weighted by Crippen LogP contribution is -2.38. The number of carbonyl (C=O) groups excluding carboxylic acids is 1. The molecule has 0 radical (unpaired) electrons. The summed E-state index contributed by atoms with van der Waals surface area (Å²) < 4.78 is 27.7. The highest BCUT2D eigenvalue weighted by molar-refractivity contribution is 5.74. The summed E-state index contributed by atoms with van der Waals surface area (Å²) in [7, 11) is 0. The molecule has 0 aromatic carbocycles. The van der Waals surface area contributed by atoms with E-state index in [0.717, 1.165) is 12.8 Å². The number of rotatable bonds is 6. The number of nitrogens with one attached hydrogen (secondary N) is 2. The number of hydrogen-bond acceptors (Lipinski definition) is 2. The van der Waals surface area contributed by atoms with E-state index in [2.05, 4.69) is 15.4 Å². The van der Waals surface area contributed by atoms with Crippen LogP contribution in [0.1, 0.15) is 12.8 Å². The average molecular weight is 208 g/mol. The molecule has 1 rings (SSSR count). The molecular formula is C8H14F2N2O2. The second kappa shape index (κ2) is 5.74. The normalized spacial score (nSPS) is 15.6. The number of halogens is 2. The fraction of sp³-hybridized carbons (Fsp3) is 0.875. The zero-order valence-corrected chi connectivity index (χ0v) is 7.76. The summed E-state index contributed by atoms with van der Waals surface area (Å²) in [5.74, 6) is 0. The molecule has 1 aliphatic carbocycles. The first-order valence-corrected chi connectivity index (χ1v) is 4.58. The van der Waals surface area contributed by atoms with Crippen LogP contribution in [-0.2, 0) is 4.74 Å². The lowest BCUT2D eigenvalue weighted by molar-refractivity contribution is 0.0193. The van der Waals surface area contributed by atoms with Crippen LogP contribution in [0.2, 0.25) is 0 Å². The summed E-state index contributed by atoms with van der Waals surface area (Å²) in [5.41, 5.74) is 0. The molecule has 1 saturated carbocycles. The van der Waals surface area contributed by atoms with Gasteiger partial charge in [0.05, 0.1) is 6.61 Å². The number of carbonyl (C=O) groups is 1. The lowest BCUT2D eigenvalue weighted by Gasteiger charge is -2.06. The van der Waals surface area contributed by atoms with Crippen molar-refractivity contribution in [3.63, 3.8) is 0 Å². The van der Waals surface area contributed by atoms with Crippen molar-refractivity contribution < 1.29 is 18.3 Å². The molecule has 4 nitrogen and oxygen atoms in total. The van der Waals surface area contributed by atoms with Gasteiger partial charge in [0.15, 0.2) is 0 Å². The minimum absolute atomic E-state index is 0.114. The van der Waals surface area contributed by atoms with Crippen molar-refractivity contribution in [3.05, 3.63) is 0 Å². The van der Waals surface area contributed by atoms with Gasteiger partial charge >= 0.3 is 6.03 Å². The van der Waals surface area contributed by atoms with Crippen molar-refractivity contribution >= 4 is 6.03 Å². The van der Waals surface area contributed by atoms with Gasteiger partial charge in [-0.15, -0.1) is 0 Å². The van der Waals surface area contributed by atoms with Gasteiger partial charge in [0.25, 0.3) is 6.43 Å². The maximum Gasteiger partial charge on any atom is 0.315 e. The van der Waals surface area contributed by atoms with Gasteiger partial charge in [-0.05, 0) is 12.8 Å². The molecule has 2 N–H and O–H groups in total. The summed E-state index contributed by atoms with van der Waals surface area (Å²) >= 11 is 0. The van der Waals surface area contributed by atoms with Gasteiger partial charge in [0.2, 0.25) is 0 Å². The maximum absolute atomic E-state index is 11.6. The highest BCUT2D eigenvalue weighted by atomic mass is 19.3. The van der Waals surface area contributed by atoms with Gasteiger partial charge in [-0.2, -0.15) is 0 Å². The second-order valence-corrected chi connectivity index (χ2v) is 3.14. The van der Waals surface area contributed by atoms with Crippen LogP contribution in [0.3, 0.4) is 0 Å². The van der Waals surface area contributed by atoms with E-state index in [9.17, 15) is 13.6 Å². The van der Waals surface area contributed by atoms with Crippen LogP contribution >= 0.6 is 0 Å². The molecule has 1 fully saturated rings. The molecular weight excluding hydrogens is 194 g/mol. The van der Waals surface area contributed by atoms with Crippen molar-refractivity contribution in [3.8, 4) is 0 Å². The molecule has 0 aliphatic heterocycles. The van der Waals surface area contributed by atoms with E-state index in [1.165, 1.54) is 0 Å². The van der Waals surface area contributed by atoms with Crippen LogP contribution in [-0.4, -0.2) is 38.3 Å². The summed E-state index contributed by atoms with van der Waals surface area (Å²) in [4.78, 5) is 11.0. The van der Waals surface area contributed by atoms with Gasteiger partial charge in [0, 0.05) is 12.6 Å². The highest BCUT2D eigenvalue weighted by Crippen LogP contribution is 2.17. The summed E-state index contributed by atoms with van der Waals surface area (Å²) in [6.45, 7) is -0.209. The summed E-state index contributed by atoms with van der Waals surface area (Å²) in [6, 6.07) is 0.0464. The van der Waals surface area contributed by atoms with E-state index < -0.39 is 13.0 Å². The molecule has 2 amide bonds. The monoisotopic (exact) mass is 208 g/mol. The Morgan fingerprint density at radius 1 is 1.50 bits per heavy atom. The first-order chi connectivity index (χ1) is 6.68. The molecule has 0 heterocycles. The molecule has 0 unspecified atom stereocenters. The van der Waals surface area contributed by atoms with Gasteiger partial charge < -0.3 is 15.4 Å². The first kappa shape index (κ1) is 11.2. The number of ether oxygens (including phenoxy) is 1. The largest absolute Gasteiger partial charge is 0.374 e. The van der Waals surface area contributed by atoms with Crippen LogP contribution in [0.15, 0.2) is 0 Å². The predicted octanol–water partition coefficient (Wildman–Crippen LogP) is 0.730. The number of amides is 2. The minimum atomic E-state index is -2.45. The van der Waals surface area contributed by atoms with Crippen LogP contribution < -0.4 is 10.6 Å². The third kappa shape index (κ3) is 5.69. The van der Waals surface area contributed by atoms with Crippen LogP contribution in [0.5, 0.6) is 0 Å². The van der Waals surface area contributed by atoms with Crippen molar-refractivity contribution in [1.29, 1.82) is 0 Å². The van der Waals surface area contributed by atoms with Crippen molar-refractivity contribution in [1.82, 2.24) is 10.6 Å². The van der Waals surface area contributed by atoms with Gasteiger partial charge in [0.1, 0.15) is 6.61 Å². The van der Waals surface area contributed by atoms with E-state index >= 15 is 0 Å². The third-order valence-electron chi connectivity index (χ3n) is 1.69. The Morgan fingerprint density at radius 2 is 2.21 bits per heavy atom. The molecule has 0 atom stereocenters. The van der Waals surface area contributed by atoms with E-state index in [1.807, 2.05) is 0 Å². The topological polar surface area (TPSA) is 50.4 Å². The van der Waals surface area contributed by atoms with E-state index in [4.69, 9.17) is 0 Å². The quantitative estimate of drug-likeness (QED) is 0.632. The number of alkyl halides is 2.